The summed E-state index contributed by atoms with van der Waals surface area (Å²) in [4.78, 5) is 28.3. The Morgan fingerprint density at radius 3 is 2.32 bits per heavy atom. The molecule has 1 heterocycles. The summed E-state index contributed by atoms with van der Waals surface area (Å²) < 4.78 is 0. The summed E-state index contributed by atoms with van der Waals surface area (Å²) in [5, 5.41) is 11.3. The monoisotopic (exact) mass is 276 g/mol. The maximum absolute atomic E-state index is 11.7. The Morgan fingerprint density at radius 1 is 1.26 bits per heavy atom. The van der Waals surface area contributed by atoms with Crippen LogP contribution in [0.5, 0.6) is 0 Å². The first kappa shape index (κ1) is 13.2. The Bertz CT molecular complexity index is 619. The molecule has 98 valence electrons. The van der Waals surface area contributed by atoms with Crippen molar-refractivity contribution >= 4 is 34.0 Å². The number of nitrogens with zero attached hydrogens (tertiary/aromatic N) is 2. The van der Waals surface area contributed by atoms with Crippen molar-refractivity contribution in [2.45, 2.75) is 13.8 Å². The van der Waals surface area contributed by atoms with E-state index < -0.39 is 5.97 Å². The van der Waals surface area contributed by atoms with E-state index in [0.29, 0.717) is 10.8 Å². The van der Waals surface area contributed by atoms with Crippen molar-refractivity contribution in [3.63, 3.8) is 0 Å². The quantitative estimate of drug-likeness (QED) is 0.935. The van der Waals surface area contributed by atoms with Gasteiger partial charge in [-0.15, -0.1) is 11.3 Å². The third-order valence-electron chi connectivity index (χ3n) is 2.49. The van der Waals surface area contributed by atoms with Gasteiger partial charge in [-0.3, -0.25) is 9.69 Å². The third-order valence-corrected chi connectivity index (χ3v) is 3.43. The van der Waals surface area contributed by atoms with Crippen LogP contribution in [-0.4, -0.2) is 22.0 Å². The van der Waals surface area contributed by atoms with Crippen LogP contribution in [0.15, 0.2) is 29.6 Å². The van der Waals surface area contributed by atoms with Gasteiger partial charge < -0.3 is 5.11 Å². The molecule has 0 aliphatic heterocycles. The highest BCUT2D eigenvalue weighted by molar-refractivity contribution is 7.14. The fourth-order valence-electron chi connectivity index (χ4n) is 1.62. The normalized spacial score (nSPS) is 10.2. The van der Waals surface area contributed by atoms with Crippen molar-refractivity contribution in [2.75, 3.05) is 4.90 Å². The van der Waals surface area contributed by atoms with Gasteiger partial charge in [0.25, 0.3) is 0 Å². The van der Waals surface area contributed by atoms with Gasteiger partial charge in [0, 0.05) is 12.3 Å². The highest BCUT2D eigenvalue weighted by Gasteiger charge is 2.17. The summed E-state index contributed by atoms with van der Waals surface area (Å²) in [5.41, 5.74) is 1.63. The van der Waals surface area contributed by atoms with E-state index in [1.54, 1.807) is 12.1 Å². The lowest BCUT2D eigenvalue weighted by Crippen LogP contribution is -2.22. The lowest BCUT2D eigenvalue weighted by molar-refractivity contribution is -0.115. The lowest BCUT2D eigenvalue weighted by Gasteiger charge is -2.18. The van der Waals surface area contributed by atoms with E-state index in [2.05, 4.69) is 4.98 Å². The van der Waals surface area contributed by atoms with Crippen molar-refractivity contribution in [2.24, 2.45) is 0 Å². The Labute approximate surface area is 114 Å². The van der Waals surface area contributed by atoms with Gasteiger partial charge in [-0.2, -0.15) is 0 Å². The molecule has 19 heavy (non-hydrogen) atoms. The van der Waals surface area contributed by atoms with E-state index in [9.17, 15) is 9.59 Å². The first-order valence-corrected chi connectivity index (χ1v) is 6.43. The Balaban J connectivity index is 2.40. The first-order valence-electron chi connectivity index (χ1n) is 5.55. The lowest BCUT2D eigenvalue weighted by atomic mass is 10.2. The van der Waals surface area contributed by atoms with Gasteiger partial charge in [-0.25, -0.2) is 9.78 Å². The number of hydrogen-bond acceptors (Lipinski definition) is 4. The molecule has 1 N–H and O–H groups in total. The fourth-order valence-corrected chi connectivity index (χ4v) is 2.49. The van der Waals surface area contributed by atoms with E-state index in [1.807, 2.05) is 12.3 Å². The minimum atomic E-state index is -0.994. The molecule has 0 fully saturated rings. The number of carbonyl (C=O) groups is 2. The zero-order valence-electron chi connectivity index (χ0n) is 10.5. The number of carboxylic acids is 1. The van der Waals surface area contributed by atoms with E-state index in [1.165, 1.54) is 35.3 Å². The van der Waals surface area contributed by atoms with Crippen LogP contribution in [0.4, 0.5) is 10.8 Å². The van der Waals surface area contributed by atoms with Gasteiger partial charge in [-0.1, -0.05) is 0 Å². The first-order chi connectivity index (χ1) is 8.99. The van der Waals surface area contributed by atoms with Crippen LogP contribution in [0.25, 0.3) is 0 Å². The van der Waals surface area contributed by atoms with Crippen molar-refractivity contribution in [1.29, 1.82) is 0 Å². The molecule has 2 aromatic rings. The van der Waals surface area contributed by atoms with E-state index in [0.717, 1.165) is 5.69 Å². The molecule has 0 aliphatic carbocycles. The highest BCUT2D eigenvalue weighted by Crippen LogP contribution is 2.28. The zero-order valence-corrected chi connectivity index (χ0v) is 11.3. The average Bonchev–Trinajstić information content (AvgIpc) is 2.76. The second kappa shape index (κ2) is 5.19. The molecule has 5 nitrogen and oxygen atoms in total. The minimum absolute atomic E-state index is 0.169. The third kappa shape index (κ3) is 2.79. The minimum Gasteiger partial charge on any atom is -0.478 e. The van der Waals surface area contributed by atoms with Crippen LogP contribution >= 0.6 is 11.3 Å². The molecule has 0 spiro atoms. The molecule has 2 rings (SSSR count). The predicted octanol–water partition coefficient (Wildman–Crippen LogP) is 2.83. The number of amides is 1. The summed E-state index contributed by atoms with van der Waals surface area (Å²) in [6.45, 7) is 3.30. The standard InChI is InChI=1S/C13H12N2O3S/c1-8-7-19-13(14-8)15(9(2)16)11-5-3-10(4-6-11)12(17)18/h3-7H,1-2H3,(H,17,18). The highest BCUT2D eigenvalue weighted by atomic mass is 32.1. The number of anilines is 2. The van der Waals surface area contributed by atoms with E-state index in [-0.39, 0.29) is 11.5 Å². The number of aromatic carboxylic acids is 1. The zero-order chi connectivity index (χ0) is 14.0. The number of benzene rings is 1. The van der Waals surface area contributed by atoms with E-state index >= 15 is 0 Å². The van der Waals surface area contributed by atoms with Crippen molar-refractivity contribution in [3.8, 4) is 0 Å². The summed E-state index contributed by atoms with van der Waals surface area (Å²) >= 11 is 1.37. The largest absolute Gasteiger partial charge is 0.478 e. The Kier molecular flexibility index (Phi) is 3.62. The topological polar surface area (TPSA) is 70.5 Å². The predicted molar refractivity (Wildman–Crippen MR) is 73.1 cm³/mol. The Morgan fingerprint density at radius 2 is 1.89 bits per heavy atom. The second-order valence-electron chi connectivity index (χ2n) is 3.98. The Hall–Kier alpha value is -2.21. The van der Waals surface area contributed by atoms with Gasteiger partial charge in [0.1, 0.15) is 0 Å². The van der Waals surface area contributed by atoms with Gasteiger partial charge in [0.15, 0.2) is 5.13 Å². The number of thiazole rings is 1. The molecular weight excluding hydrogens is 264 g/mol. The van der Waals surface area contributed by atoms with Gasteiger partial charge in [0.2, 0.25) is 5.91 Å². The molecule has 0 saturated heterocycles. The molecule has 1 aromatic carbocycles. The molecule has 0 bridgehead atoms. The van der Waals surface area contributed by atoms with Crippen LogP contribution in [0.1, 0.15) is 23.0 Å². The fraction of sp³-hybridized carbons (Fsp3) is 0.154. The van der Waals surface area contributed by atoms with Gasteiger partial charge in [-0.05, 0) is 31.2 Å². The molecule has 6 heteroatoms. The van der Waals surface area contributed by atoms with Crippen LogP contribution < -0.4 is 4.90 Å². The average molecular weight is 276 g/mol. The SMILES string of the molecule is CC(=O)N(c1ccc(C(=O)O)cc1)c1nc(C)cs1. The van der Waals surface area contributed by atoms with Crippen LogP contribution in [0, 0.1) is 6.92 Å². The van der Waals surface area contributed by atoms with Crippen molar-refractivity contribution < 1.29 is 14.7 Å². The number of carboxylic acid groups (broad SMARTS) is 1. The maximum Gasteiger partial charge on any atom is 0.335 e. The number of rotatable bonds is 3. The molecule has 1 amide bonds. The van der Waals surface area contributed by atoms with Crippen molar-refractivity contribution in [1.82, 2.24) is 4.98 Å². The van der Waals surface area contributed by atoms with Crippen LogP contribution in [0.3, 0.4) is 0 Å². The van der Waals surface area contributed by atoms with Gasteiger partial charge in [0.05, 0.1) is 16.9 Å². The van der Waals surface area contributed by atoms with Crippen LogP contribution in [0.2, 0.25) is 0 Å². The number of carbonyl (C=O) groups excluding carboxylic acids is 1. The van der Waals surface area contributed by atoms with Gasteiger partial charge >= 0.3 is 5.97 Å². The maximum atomic E-state index is 11.7. The molecule has 1 aromatic heterocycles. The summed E-state index contributed by atoms with van der Waals surface area (Å²) in [7, 11) is 0. The number of aromatic nitrogens is 1. The summed E-state index contributed by atoms with van der Waals surface area (Å²) in [6.07, 6.45) is 0. The summed E-state index contributed by atoms with van der Waals surface area (Å²) in [5.74, 6) is -1.16. The summed E-state index contributed by atoms with van der Waals surface area (Å²) in [6, 6.07) is 6.13. The molecule has 0 saturated carbocycles. The van der Waals surface area contributed by atoms with E-state index in [4.69, 9.17) is 5.11 Å². The van der Waals surface area contributed by atoms with Crippen molar-refractivity contribution in [3.05, 3.63) is 40.9 Å². The molecule has 0 unspecified atom stereocenters. The number of hydrogen-bond donors (Lipinski definition) is 1. The molecular formula is C13H12N2O3S. The van der Waals surface area contributed by atoms with Crippen LogP contribution in [-0.2, 0) is 4.79 Å². The molecule has 0 aliphatic rings. The molecule has 0 atom stereocenters. The smallest absolute Gasteiger partial charge is 0.335 e. The second-order valence-corrected chi connectivity index (χ2v) is 4.81. The molecule has 0 radical (unpaired) electrons. The number of aryl methyl sites for hydroxylation is 1.